The van der Waals surface area contributed by atoms with E-state index < -0.39 is 0 Å². The van der Waals surface area contributed by atoms with E-state index in [0.29, 0.717) is 25.6 Å². The molecule has 1 unspecified atom stereocenters. The summed E-state index contributed by atoms with van der Waals surface area (Å²) in [4.78, 5) is 30.0. The van der Waals surface area contributed by atoms with Gasteiger partial charge in [0.1, 0.15) is 5.75 Å². The maximum atomic E-state index is 13.2. The van der Waals surface area contributed by atoms with E-state index in [1.807, 2.05) is 17.0 Å². The van der Waals surface area contributed by atoms with Crippen LogP contribution in [0.3, 0.4) is 0 Å². The maximum absolute atomic E-state index is 13.2. The zero-order valence-electron chi connectivity index (χ0n) is 16.2. The molecule has 1 saturated heterocycles. The molecule has 2 heterocycles. The molecule has 6 nitrogen and oxygen atoms in total. The van der Waals surface area contributed by atoms with Crippen molar-refractivity contribution in [3.05, 3.63) is 23.8 Å². The van der Waals surface area contributed by atoms with Gasteiger partial charge >= 0.3 is 0 Å². The summed E-state index contributed by atoms with van der Waals surface area (Å²) in [7, 11) is 1.67. The van der Waals surface area contributed by atoms with Gasteiger partial charge in [-0.05, 0) is 49.9 Å². The SMILES string of the molecule is COc1ccc2c(c1)C(C)CC(C)(C)N2C(=O)CN1CCN(C=O)CC1. The molecule has 1 aromatic rings. The molecule has 1 atom stereocenters. The number of methoxy groups -OCH3 is 1. The minimum Gasteiger partial charge on any atom is -0.497 e. The molecule has 0 bridgehead atoms. The fraction of sp³-hybridized carbons (Fsp3) is 0.600. The highest BCUT2D eigenvalue weighted by molar-refractivity contribution is 5.97. The van der Waals surface area contributed by atoms with Crippen LogP contribution in [0.15, 0.2) is 18.2 Å². The quantitative estimate of drug-likeness (QED) is 0.773. The Balaban J connectivity index is 1.82. The van der Waals surface area contributed by atoms with Gasteiger partial charge in [0.2, 0.25) is 12.3 Å². The van der Waals surface area contributed by atoms with Crippen LogP contribution < -0.4 is 9.64 Å². The number of hydrogen-bond donors (Lipinski definition) is 0. The van der Waals surface area contributed by atoms with Crippen LogP contribution in [0.2, 0.25) is 0 Å². The third kappa shape index (κ3) is 3.56. The summed E-state index contributed by atoms with van der Waals surface area (Å²) in [6.07, 6.45) is 1.80. The molecule has 2 amide bonds. The van der Waals surface area contributed by atoms with Crippen molar-refractivity contribution in [1.82, 2.24) is 9.80 Å². The predicted molar refractivity (Wildman–Crippen MR) is 102 cm³/mol. The molecule has 1 aromatic carbocycles. The highest BCUT2D eigenvalue weighted by atomic mass is 16.5. The number of anilines is 1. The van der Waals surface area contributed by atoms with Crippen LogP contribution in [0.4, 0.5) is 5.69 Å². The number of carbonyl (C=O) groups excluding carboxylic acids is 2. The number of rotatable bonds is 4. The first-order valence-corrected chi connectivity index (χ1v) is 9.28. The first-order valence-electron chi connectivity index (χ1n) is 9.28. The van der Waals surface area contributed by atoms with Gasteiger partial charge in [-0.25, -0.2) is 0 Å². The van der Waals surface area contributed by atoms with Crippen LogP contribution in [0.25, 0.3) is 0 Å². The molecule has 0 saturated carbocycles. The molecular weight excluding hydrogens is 330 g/mol. The summed E-state index contributed by atoms with van der Waals surface area (Å²) in [6.45, 7) is 9.72. The van der Waals surface area contributed by atoms with Gasteiger partial charge in [0.05, 0.1) is 13.7 Å². The van der Waals surface area contributed by atoms with Gasteiger partial charge in [0, 0.05) is 37.4 Å². The van der Waals surface area contributed by atoms with Crippen LogP contribution in [-0.2, 0) is 9.59 Å². The Kier molecular flexibility index (Phi) is 5.23. The van der Waals surface area contributed by atoms with E-state index in [-0.39, 0.29) is 11.4 Å². The lowest BCUT2D eigenvalue weighted by atomic mass is 9.80. The number of amides is 2. The molecule has 0 N–H and O–H groups in total. The lowest BCUT2D eigenvalue weighted by molar-refractivity contribution is -0.122. The standard InChI is InChI=1S/C20H29N3O3/c1-15-12-20(2,3)23(18-6-5-16(26-4)11-17(15)18)19(25)13-21-7-9-22(14-24)10-8-21/h5-6,11,14-15H,7-10,12-13H2,1-4H3. The van der Waals surface area contributed by atoms with Crippen LogP contribution in [0.5, 0.6) is 5.75 Å². The molecule has 2 aliphatic rings. The summed E-state index contributed by atoms with van der Waals surface area (Å²) >= 11 is 0. The van der Waals surface area contributed by atoms with Gasteiger partial charge in [0.15, 0.2) is 0 Å². The van der Waals surface area contributed by atoms with E-state index >= 15 is 0 Å². The Morgan fingerprint density at radius 3 is 2.58 bits per heavy atom. The summed E-state index contributed by atoms with van der Waals surface area (Å²) < 4.78 is 5.37. The van der Waals surface area contributed by atoms with Crippen LogP contribution in [0.1, 0.15) is 38.7 Å². The third-order valence-corrected chi connectivity index (χ3v) is 5.58. The molecule has 26 heavy (non-hydrogen) atoms. The summed E-state index contributed by atoms with van der Waals surface area (Å²) in [6, 6.07) is 5.99. The molecule has 0 spiro atoms. The fourth-order valence-corrected chi connectivity index (χ4v) is 4.30. The van der Waals surface area contributed by atoms with Crippen molar-refractivity contribution in [2.45, 2.75) is 38.6 Å². The van der Waals surface area contributed by atoms with E-state index in [0.717, 1.165) is 37.4 Å². The third-order valence-electron chi connectivity index (χ3n) is 5.58. The van der Waals surface area contributed by atoms with Gasteiger partial charge in [-0.1, -0.05) is 6.92 Å². The van der Waals surface area contributed by atoms with Crippen molar-refractivity contribution in [1.29, 1.82) is 0 Å². The topological polar surface area (TPSA) is 53.1 Å². The molecule has 2 aliphatic heterocycles. The van der Waals surface area contributed by atoms with Crippen LogP contribution in [0, 0.1) is 0 Å². The molecule has 1 fully saturated rings. The molecule has 0 radical (unpaired) electrons. The molecule has 0 aromatic heterocycles. The monoisotopic (exact) mass is 359 g/mol. The van der Waals surface area contributed by atoms with E-state index in [4.69, 9.17) is 4.74 Å². The highest BCUT2D eigenvalue weighted by Gasteiger charge is 2.40. The second kappa shape index (κ2) is 7.27. The average Bonchev–Trinajstić information content (AvgIpc) is 2.61. The number of nitrogens with zero attached hydrogens (tertiary/aromatic N) is 3. The molecule has 142 valence electrons. The molecule has 0 aliphatic carbocycles. The first-order chi connectivity index (χ1) is 12.4. The number of piperazine rings is 1. The van der Waals surface area contributed by atoms with E-state index in [2.05, 4.69) is 31.7 Å². The molecular formula is C20H29N3O3. The van der Waals surface area contributed by atoms with Crippen molar-refractivity contribution in [2.24, 2.45) is 0 Å². The number of fused-ring (bicyclic) bond motifs is 1. The lowest BCUT2D eigenvalue weighted by Gasteiger charge is -2.47. The number of carbonyl (C=O) groups is 2. The van der Waals surface area contributed by atoms with E-state index in [9.17, 15) is 9.59 Å². The predicted octanol–water partition coefficient (Wildman–Crippen LogP) is 2.09. The van der Waals surface area contributed by atoms with Gasteiger partial charge in [0.25, 0.3) is 0 Å². The minimum atomic E-state index is -0.233. The lowest BCUT2D eigenvalue weighted by Crippen LogP contribution is -2.56. The Morgan fingerprint density at radius 2 is 1.96 bits per heavy atom. The smallest absolute Gasteiger partial charge is 0.241 e. The molecule has 3 rings (SSSR count). The maximum Gasteiger partial charge on any atom is 0.241 e. The summed E-state index contributed by atoms with van der Waals surface area (Å²) in [5.41, 5.74) is 1.93. The van der Waals surface area contributed by atoms with Crippen molar-refractivity contribution < 1.29 is 14.3 Å². The Morgan fingerprint density at radius 1 is 1.27 bits per heavy atom. The van der Waals surface area contributed by atoms with Crippen molar-refractivity contribution in [2.75, 3.05) is 44.7 Å². The van der Waals surface area contributed by atoms with Crippen LogP contribution >= 0.6 is 0 Å². The minimum absolute atomic E-state index is 0.118. The molecule has 6 heteroatoms. The van der Waals surface area contributed by atoms with Crippen molar-refractivity contribution in [3.63, 3.8) is 0 Å². The second-order valence-corrected chi connectivity index (χ2v) is 7.99. The van der Waals surface area contributed by atoms with Gasteiger partial charge in [-0.15, -0.1) is 0 Å². The number of benzene rings is 1. The Hall–Kier alpha value is -2.08. The fourth-order valence-electron chi connectivity index (χ4n) is 4.30. The van der Waals surface area contributed by atoms with E-state index in [1.165, 1.54) is 5.56 Å². The average molecular weight is 359 g/mol. The van der Waals surface area contributed by atoms with Crippen LogP contribution in [-0.4, -0.2) is 67.5 Å². The first kappa shape index (κ1) is 18.7. The van der Waals surface area contributed by atoms with Gasteiger partial charge < -0.3 is 14.5 Å². The second-order valence-electron chi connectivity index (χ2n) is 7.99. The Labute approximate surface area is 155 Å². The summed E-state index contributed by atoms with van der Waals surface area (Å²) in [5.74, 6) is 1.32. The van der Waals surface area contributed by atoms with E-state index in [1.54, 1.807) is 12.0 Å². The zero-order valence-corrected chi connectivity index (χ0v) is 16.2. The normalized spacial score (nSPS) is 22.7. The van der Waals surface area contributed by atoms with Crippen molar-refractivity contribution >= 4 is 18.0 Å². The van der Waals surface area contributed by atoms with Crippen molar-refractivity contribution in [3.8, 4) is 5.75 Å². The Bertz CT molecular complexity index is 681. The zero-order chi connectivity index (χ0) is 18.9. The number of hydrogen-bond acceptors (Lipinski definition) is 4. The largest absolute Gasteiger partial charge is 0.497 e. The highest BCUT2D eigenvalue weighted by Crippen LogP contribution is 2.44. The number of ether oxygens (including phenoxy) is 1. The summed E-state index contributed by atoms with van der Waals surface area (Å²) in [5, 5.41) is 0. The van der Waals surface area contributed by atoms with Gasteiger partial charge in [-0.2, -0.15) is 0 Å². The van der Waals surface area contributed by atoms with Gasteiger partial charge in [-0.3, -0.25) is 14.5 Å².